The summed E-state index contributed by atoms with van der Waals surface area (Å²) in [7, 11) is -3.66. The first-order valence-electron chi connectivity index (χ1n) is 3.48. The van der Waals surface area contributed by atoms with Crippen LogP contribution in [0, 0.1) is 18.3 Å². The van der Waals surface area contributed by atoms with Gasteiger partial charge in [-0.3, -0.25) is 0 Å². The van der Waals surface area contributed by atoms with Gasteiger partial charge in [0.05, 0.1) is 16.5 Å². The van der Waals surface area contributed by atoms with E-state index in [4.69, 9.17) is 10.4 Å². The maximum atomic E-state index is 10.9. The number of rotatable bonds is 1. The normalized spacial score (nSPS) is 10.8. The third kappa shape index (κ3) is 2.05. The summed E-state index contributed by atoms with van der Waals surface area (Å²) in [4.78, 5) is 0.0315. The number of sulfonamides is 1. The maximum Gasteiger partial charge on any atom is 0.238 e. The predicted molar refractivity (Wildman–Crippen MR) is 47.3 cm³/mol. The zero-order valence-corrected chi connectivity index (χ0v) is 7.80. The first-order valence-corrected chi connectivity index (χ1v) is 5.03. The molecule has 0 unspecified atom stereocenters. The quantitative estimate of drug-likeness (QED) is 0.710. The number of primary sulfonamides is 1. The first kappa shape index (κ1) is 9.71. The lowest BCUT2D eigenvalue weighted by atomic mass is 10.1. The van der Waals surface area contributed by atoms with Gasteiger partial charge in [-0.2, -0.15) is 5.26 Å². The molecular weight excluding hydrogens is 188 g/mol. The highest BCUT2D eigenvalue weighted by Gasteiger charge is 2.08. The van der Waals surface area contributed by atoms with Crippen LogP contribution < -0.4 is 5.14 Å². The van der Waals surface area contributed by atoms with Crippen molar-refractivity contribution < 1.29 is 8.42 Å². The summed E-state index contributed by atoms with van der Waals surface area (Å²) in [6.07, 6.45) is 0. The van der Waals surface area contributed by atoms with Gasteiger partial charge >= 0.3 is 0 Å². The SMILES string of the molecule is Cc1cc(S(N)(=O)=O)ccc1C#N. The summed E-state index contributed by atoms with van der Waals surface area (Å²) >= 11 is 0. The fourth-order valence-electron chi connectivity index (χ4n) is 0.939. The molecule has 0 radical (unpaired) electrons. The molecule has 0 amide bonds. The monoisotopic (exact) mass is 196 g/mol. The van der Waals surface area contributed by atoms with Gasteiger partial charge in [-0.15, -0.1) is 0 Å². The molecule has 0 aliphatic rings. The van der Waals surface area contributed by atoms with Gasteiger partial charge in [0.2, 0.25) is 10.0 Å². The molecule has 1 aromatic carbocycles. The summed E-state index contributed by atoms with van der Waals surface area (Å²) in [6.45, 7) is 1.66. The highest BCUT2D eigenvalue weighted by molar-refractivity contribution is 7.89. The molecule has 0 saturated heterocycles. The maximum absolute atomic E-state index is 10.9. The van der Waals surface area contributed by atoms with Crippen LogP contribution in [0.1, 0.15) is 11.1 Å². The van der Waals surface area contributed by atoms with E-state index in [0.29, 0.717) is 11.1 Å². The van der Waals surface area contributed by atoms with Gasteiger partial charge in [0.1, 0.15) is 0 Å². The molecule has 0 aliphatic heterocycles. The molecule has 5 heteroatoms. The third-order valence-electron chi connectivity index (χ3n) is 1.65. The fourth-order valence-corrected chi connectivity index (χ4v) is 1.54. The molecule has 0 spiro atoms. The Kier molecular flexibility index (Phi) is 2.36. The molecule has 4 nitrogen and oxygen atoms in total. The second kappa shape index (κ2) is 3.17. The Morgan fingerprint density at radius 3 is 2.46 bits per heavy atom. The zero-order chi connectivity index (χ0) is 10.1. The second-order valence-electron chi connectivity index (χ2n) is 2.63. The van der Waals surface area contributed by atoms with E-state index >= 15 is 0 Å². The van der Waals surface area contributed by atoms with Crippen LogP contribution in [-0.2, 0) is 10.0 Å². The number of hydrogen-bond acceptors (Lipinski definition) is 3. The minimum Gasteiger partial charge on any atom is -0.225 e. The van der Waals surface area contributed by atoms with Crippen LogP contribution >= 0.6 is 0 Å². The van der Waals surface area contributed by atoms with E-state index in [1.165, 1.54) is 18.2 Å². The Balaban J connectivity index is 3.36. The van der Waals surface area contributed by atoms with Crippen LogP contribution in [0.15, 0.2) is 23.1 Å². The average Bonchev–Trinajstić information content (AvgIpc) is 2.02. The van der Waals surface area contributed by atoms with Gasteiger partial charge in [-0.05, 0) is 30.7 Å². The van der Waals surface area contributed by atoms with Crippen LogP contribution in [-0.4, -0.2) is 8.42 Å². The molecule has 0 aliphatic carbocycles. The van der Waals surface area contributed by atoms with Crippen LogP contribution in [0.5, 0.6) is 0 Å². The Labute approximate surface area is 76.7 Å². The van der Waals surface area contributed by atoms with Crippen molar-refractivity contribution in [2.24, 2.45) is 5.14 Å². The van der Waals surface area contributed by atoms with Gasteiger partial charge in [-0.25, -0.2) is 13.6 Å². The van der Waals surface area contributed by atoms with Gasteiger partial charge in [0, 0.05) is 0 Å². The molecule has 0 saturated carbocycles. The lowest BCUT2D eigenvalue weighted by Gasteiger charge is -2.00. The van der Waals surface area contributed by atoms with Crippen LogP contribution in [0.25, 0.3) is 0 Å². The first-order chi connectivity index (χ1) is 5.95. The van der Waals surface area contributed by atoms with Crippen molar-refractivity contribution in [1.82, 2.24) is 0 Å². The molecule has 0 bridgehead atoms. The summed E-state index contributed by atoms with van der Waals surface area (Å²) in [5.41, 5.74) is 1.06. The second-order valence-corrected chi connectivity index (χ2v) is 4.19. The third-order valence-corrected chi connectivity index (χ3v) is 2.56. The average molecular weight is 196 g/mol. The smallest absolute Gasteiger partial charge is 0.225 e. The lowest BCUT2D eigenvalue weighted by Crippen LogP contribution is -2.12. The molecule has 0 fully saturated rings. The molecule has 0 heterocycles. The molecule has 68 valence electrons. The topological polar surface area (TPSA) is 84.0 Å². The van der Waals surface area contributed by atoms with E-state index in [2.05, 4.69) is 0 Å². The van der Waals surface area contributed by atoms with Crippen LogP contribution in [0.2, 0.25) is 0 Å². The Hall–Kier alpha value is -1.38. The number of nitrogens with two attached hydrogens (primary N) is 1. The van der Waals surface area contributed by atoms with Crippen molar-refractivity contribution in [1.29, 1.82) is 5.26 Å². The van der Waals surface area contributed by atoms with E-state index in [1.807, 2.05) is 6.07 Å². The van der Waals surface area contributed by atoms with Crippen molar-refractivity contribution in [2.75, 3.05) is 0 Å². The van der Waals surface area contributed by atoms with E-state index < -0.39 is 10.0 Å². The Morgan fingerprint density at radius 2 is 2.08 bits per heavy atom. The van der Waals surface area contributed by atoms with Crippen molar-refractivity contribution in [3.05, 3.63) is 29.3 Å². The van der Waals surface area contributed by atoms with Gasteiger partial charge in [0.25, 0.3) is 0 Å². The number of hydrogen-bond donors (Lipinski definition) is 1. The number of aryl methyl sites for hydroxylation is 1. The summed E-state index contributed by atoms with van der Waals surface area (Å²) in [5.74, 6) is 0. The molecule has 13 heavy (non-hydrogen) atoms. The van der Waals surface area contributed by atoms with E-state index in [1.54, 1.807) is 6.92 Å². The molecule has 2 N–H and O–H groups in total. The highest BCUT2D eigenvalue weighted by atomic mass is 32.2. The summed E-state index contributed by atoms with van der Waals surface area (Å²) < 4.78 is 21.8. The molecule has 0 atom stereocenters. The molecule has 1 aromatic rings. The predicted octanol–water partition coefficient (Wildman–Crippen LogP) is 0.514. The number of benzene rings is 1. The van der Waals surface area contributed by atoms with Gasteiger partial charge in [0.15, 0.2) is 0 Å². The zero-order valence-electron chi connectivity index (χ0n) is 6.98. The van der Waals surface area contributed by atoms with E-state index in [0.717, 1.165) is 0 Å². The highest BCUT2D eigenvalue weighted by Crippen LogP contribution is 2.12. The summed E-state index contributed by atoms with van der Waals surface area (Å²) in [5, 5.41) is 13.5. The van der Waals surface area contributed by atoms with Crippen LogP contribution in [0.3, 0.4) is 0 Å². The molecular formula is C8H8N2O2S. The Bertz CT molecular complexity index is 471. The standard InChI is InChI=1S/C8H8N2O2S/c1-6-4-8(13(10,11)12)3-2-7(6)5-9/h2-4H,1H3,(H2,10,11,12). The van der Waals surface area contributed by atoms with Crippen molar-refractivity contribution in [2.45, 2.75) is 11.8 Å². The van der Waals surface area contributed by atoms with E-state index in [9.17, 15) is 8.42 Å². The number of nitrogens with zero attached hydrogens (tertiary/aromatic N) is 1. The summed E-state index contributed by atoms with van der Waals surface area (Å²) in [6, 6.07) is 6.08. The largest absolute Gasteiger partial charge is 0.238 e. The minimum atomic E-state index is -3.66. The van der Waals surface area contributed by atoms with Gasteiger partial charge in [-0.1, -0.05) is 0 Å². The van der Waals surface area contributed by atoms with E-state index in [-0.39, 0.29) is 4.90 Å². The van der Waals surface area contributed by atoms with Crippen molar-refractivity contribution in [3.63, 3.8) is 0 Å². The molecule has 0 aromatic heterocycles. The van der Waals surface area contributed by atoms with Crippen molar-refractivity contribution in [3.8, 4) is 6.07 Å². The Morgan fingerprint density at radius 1 is 1.46 bits per heavy atom. The van der Waals surface area contributed by atoms with Crippen molar-refractivity contribution >= 4 is 10.0 Å². The lowest BCUT2D eigenvalue weighted by molar-refractivity contribution is 0.597. The minimum absolute atomic E-state index is 0.0315. The molecule has 1 rings (SSSR count). The number of nitriles is 1. The van der Waals surface area contributed by atoms with Gasteiger partial charge < -0.3 is 0 Å². The van der Waals surface area contributed by atoms with Crippen LogP contribution in [0.4, 0.5) is 0 Å². The fraction of sp³-hybridized carbons (Fsp3) is 0.125.